The third-order valence-corrected chi connectivity index (χ3v) is 3.36. The Hall–Kier alpha value is -1.94. The Morgan fingerprint density at radius 2 is 2.11 bits per heavy atom. The van der Waals surface area contributed by atoms with E-state index in [1.165, 1.54) is 0 Å². The lowest BCUT2D eigenvalue weighted by Gasteiger charge is -1.97. The summed E-state index contributed by atoms with van der Waals surface area (Å²) in [5.41, 5.74) is 9.86. The van der Waals surface area contributed by atoms with Gasteiger partial charge in [0.1, 0.15) is 5.82 Å². The number of nitrogen functional groups attached to an aromatic ring is 1. The first-order valence-electron chi connectivity index (χ1n) is 5.64. The average Bonchev–Trinajstić information content (AvgIpc) is 2.79. The van der Waals surface area contributed by atoms with Gasteiger partial charge in [0, 0.05) is 40.3 Å². The van der Waals surface area contributed by atoms with Crippen LogP contribution in [0.5, 0.6) is 0 Å². The monoisotopic (exact) mass is 260 g/mol. The summed E-state index contributed by atoms with van der Waals surface area (Å²) in [7, 11) is 1.83. The number of H-pyrrole nitrogens is 1. The Kier molecular flexibility index (Phi) is 2.35. The van der Waals surface area contributed by atoms with Crippen LogP contribution in [0.4, 0.5) is 5.82 Å². The minimum atomic E-state index is 0.640. The van der Waals surface area contributed by atoms with E-state index in [1.807, 2.05) is 38.2 Å². The summed E-state index contributed by atoms with van der Waals surface area (Å²) in [6.45, 7) is 2.02. The van der Waals surface area contributed by atoms with E-state index in [9.17, 15) is 0 Å². The number of rotatable bonds is 1. The molecule has 3 aromatic rings. The highest BCUT2D eigenvalue weighted by molar-refractivity contribution is 6.31. The van der Waals surface area contributed by atoms with Gasteiger partial charge in [0.15, 0.2) is 0 Å². The summed E-state index contributed by atoms with van der Waals surface area (Å²) in [5, 5.41) is 6.20. The highest BCUT2D eigenvalue weighted by Crippen LogP contribution is 2.33. The summed E-state index contributed by atoms with van der Waals surface area (Å²) in [5.74, 6) is 0.640. The van der Waals surface area contributed by atoms with Crippen LogP contribution in [0.15, 0.2) is 24.3 Å². The van der Waals surface area contributed by atoms with E-state index in [0.717, 1.165) is 27.9 Å². The van der Waals surface area contributed by atoms with E-state index in [0.29, 0.717) is 10.8 Å². The number of fused-ring (bicyclic) bond motifs is 1. The Labute approximate surface area is 109 Å². The van der Waals surface area contributed by atoms with E-state index >= 15 is 0 Å². The zero-order chi connectivity index (χ0) is 12.9. The molecule has 18 heavy (non-hydrogen) atoms. The molecule has 2 aromatic heterocycles. The van der Waals surface area contributed by atoms with Crippen molar-refractivity contribution in [3.63, 3.8) is 0 Å². The van der Waals surface area contributed by atoms with Gasteiger partial charge in [-0.1, -0.05) is 11.6 Å². The predicted molar refractivity (Wildman–Crippen MR) is 74.7 cm³/mol. The molecule has 5 heteroatoms. The molecule has 1 aromatic carbocycles. The minimum absolute atomic E-state index is 0.640. The Balaban J connectivity index is 2.33. The second kappa shape index (κ2) is 3.78. The second-order valence-corrected chi connectivity index (χ2v) is 4.83. The number of hydrogen-bond donors (Lipinski definition) is 2. The molecular weight excluding hydrogens is 248 g/mol. The topological polar surface area (TPSA) is 59.6 Å². The maximum atomic E-state index is 6.06. The number of aromatic amines is 1. The molecule has 0 fully saturated rings. The van der Waals surface area contributed by atoms with Crippen molar-refractivity contribution in [1.29, 1.82) is 0 Å². The number of hydrogen-bond acceptors (Lipinski definition) is 2. The first kappa shape index (κ1) is 11.2. The fourth-order valence-electron chi connectivity index (χ4n) is 2.23. The van der Waals surface area contributed by atoms with Gasteiger partial charge in [0.05, 0.1) is 5.69 Å². The van der Waals surface area contributed by atoms with Crippen LogP contribution in [0, 0.1) is 6.92 Å². The number of anilines is 1. The maximum Gasteiger partial charge on any atom is 0.121 e. The number of nitrogens with one attached hydrogen (secondary N) is 1. The van der Waals surface area contributed by atoms with Gasteiger partial charge in [0.2, 0.25) is 0 Å². The van der Waals surface area contributed by atoms with E-state index in [4.69, 9.17) is 17.3 Å². The average molecular weight is 261 g/mol. The molecule has 2 heterocycles. The molecule has 0 amide bonds. The second-order valence-electron chi connectivity index (χ2n) is 4.39. The van der Waals surface area contributed by atoms with Crippen molar-refractivity contribution in [3.05, 3.63) is 35.0 Å². The maximum absolute atomic E-state index is 6.06. The van der Waals surface area contributed by atoms with Gasteiger partial charge in [-0.2, -0.15) is 5.10 Å². The Morgan fingerprint density at radius 3 is 2.78 bits per heavy atom. The summed E-state index contributed by atoms with van der Waals surface area (Å²) in [6, 6.07) is 7.66. The third kappa shape index (κ3) is 1.57. The molecule has 0 aliphatic rings. The quantitative estimate of drug-likeness (QED) is 0.706. The van der Waals surface area contributed by atoms with Crippen molar-refractivity contribution in [2.24, 2.45) is 7.05 Å². The molecule has 0 spiro atoms. The molecule has 92 valence electrons. The van der Waals surface area contributed by atoms with Crippen LogP contribution in [-0.2, 0) is 7.05 Å². The van der Waals surface area contributed by atoms with Crippen molar-refractivity contribution in [2.75, 3.05) is 5.73 Å². The fraction of sp³-hybridized carbons (Fsp3) is 0.154. The van der Waals surface area contributed by atoms with Crippen molar-refractivity contribution < 1.29 is 0 Å². The normalized spacial score (nSPS) is 11.3. The number of aromatic nitrogens is 3. The molecule has 0 saturated heterocycles. The third-order valence-electron chi connectivity index (χ3n) is 3.12. The van der Waals surface area contributed by atoms with E-state index in [1.54, 1.807) is 4.68 Å². The van der Waals surface area contributed by atoms with E-state index in [2.05, 4.69) is 10.1 Å². The van der Waals surface area contributed by atoms with Crippen molar-refractivity contribution in [2.45, 2.75) is 6.92 Å². The van der Waals surface area contributed by atoms with E-state index < -0.39 is 0 Å². The number of nitrogens with zero attached hydrogens (tertiary/aromatic N) is 2. The molecule has 0 radical (unpaired) electrons. The molecule has 4 nitrogen and oxygen atoms in total. The molecule has 0 aliphatic carbocycles. The Morgan fingerprint density at radius 1 is 1.33 bits per heavy atom. The van der Waals surface area contributed by atoms with Gasteiger partial charge in [-0.15, -0.1) is 0 Å². The number of halogens is 1. The number of aryl methyl sites for hydroxylation is 2. The molecule has 3 rings (SSSR count). The summed E-state index contributed by atoms with van der Waals surface area (Å²) in [4.78, 5) is 3.33. The molecule has 0 aliphatic heterocycles. The molecule has 0 atom stereocenters. The highest BCUT2D eigenvalue weighted by Gasteiger charge is 2.14. The van der Waals surface area contributed by atoms with Gasteiger partial charge < -0.3 is 10.7 Å². The van der Waals surface area contributed by atoms with Gasteiger partial charge in [-0.3, -0.25) is 4.68 Å². The SMILES string of the molecule is Cc1[nH]c2ccc(Cl)cc2c1-c1cc(N)n(C)n1. The standard InChI is InChI=1S/C13H13ClN4/c1-7-13(11-6-12(15)18(2)17-11)9-5-8(14)3-4-10(9)16-7/h3-6,16H,15H2,1-2H3. The first-order chi connectivity index (χ1) is 8.56. The van der Waals surface area contributed by atoms with Crippen molar-refractivity contribution in [1.82, 2.24) is 14.8 Å². The Bertz CT molecular complexity index is 719. The van der Waals surface area contributed by atoms with Gasteiger partial charge in [-0.25, -0.2) is 0 Å². The van der Waals surface area contributed by atoms with Crippen molar-refractivity contribution >= 4 is 28.3 Å². The molecule has 0 saturated carbocycles. The summed E-state index contributed by atoms with van der Waals surface area (Å²) in [6.07, 6.45) is 0. The number of nitrogens with two attached hydrogens (primary N) is 1. The van der Waals surface area contributed by atoms with Crippen LogP contribution in [-0.4, -0.2) is 14.8 Å². The first-order valence-corrected chi connectivity index (χ1v) is 6.02. The van der Waals surface area contributed by atoms with Gasteiger partial charge in [0.25, 0.3) is 0 Å². The van der Waals surface area contributed by atoms with Crippen LogP contribution in [0.1, 0.15) is 5.69 Å². The smallest absolute Gasteiger partial charge is 0.121 e. The number of benzene rings is 1. The van der Waals surface area contributed by atoms with Crippen LogP contribution in [0.2, 0.25) is 5.02 Å². The van der Waals surface area contributed by atoms with Gasteiger partial charge in [-0.05, 0) is 25.1 Å². The molecular formula is C13H13ClN4. The van der Waals surface area contributed by atoms with Gasteiger partial charge >= 0.3 is 0 Å². The fourth-order valence-corrected chi connectivity index (χ4v) is 2.40. The van der Waals surface area contributed by atoms with Crippen molar-refractivity contribution in [3.8, 4) is 11.3 Å². The van der Waals surface area contributed by atoms with Crippen LogP contribution in [0.25, 0.3) is 22.2 Å². The van der Waals surface area contributed by atoms with Crippen LogP contribution >= 0.6 is 11.6 Å². The largest absolute Gasteiger partial charge is 0.384 e. The lowest BCUT2D eigenvalue weighted by atomic mass is 10.1. The molecule has 0 unspecified atom stereocenters. The lowest BCUT2D eigenvalue weighted by molar-refractivity contribution is 0.782. The van der Waals surface area contributed by atoms with Crippen LogP contribution < -0.4 is 5.73 Å². The predicted octanol–water partition coefficient (Wildman–Crippen LogP) is 3.11. The molecule has 3 N–H and O–H groups in total. The lowest BCUT2D eigenvalue weighted by Crippen LogP contribution is -1.96. The summed E-state index contributed by atoms with van der Waals surface area (Å²) >= 11 is 6.06. The summed E-state index contributed by atoms with van der Waals surface area (Å²) < 4.78 is 1.66. The zero-order valence-electron chi connectivity index (χ0n) is 10.2. The molecule has 0 bridgehead atoms. The minimum Gasteiger partial charge on any atom is -0.384 e. The zero-order valence-corrected chi connectivity index (χ0v) is 10.9. The highest BCUT2D eigenvalue weighted by atomic mass is 35.5. The van der Waals surface area contributed by atoms with E-state index in [-0.39, 0.29) is 0 Å². The van der Waals surface area contributed by atoms with Crippen LogP contribution in [0.3, 0.4) is 0 Å².